The Morgan fingerprint density at radius 2 is 1.62 bits per heavy atom. The molecule has 40 heavy (non-hydrogen) atoms. The van der Waals surface area contributed by atoms with Gasteiger partial charge in [-0.15, -0.1) is 0 Å². The number of carbonyl (C=O) groups is 2. The van der Waals surface area contributed by atoms with E-state index in [-0.39, 0.29) is 36.6 Å². The van der Waals surface area contributed by atoms with E-state index >= 15 is 0 Å². The summed E-state index contributed by atoms with van der Waals surface area (Å²) in [4.78, 5) is 45.2. The number of hydrogen-bond acceptors (Lipinski definition) is 5. The Balaban J connectivity index is 1.55. The molecule has 0 bridgehead atoms. The first kappa shape index (κ1) is 29.3. The average molecular weight is 548 g/mol. The average Bonchev–Trinajstić information content (AvgIpc) is 3.08. The summed E-state index contributed by atoms with van der Waals surface area (Å²) >= 11 is 0. The van der Waals surface area contributed by atoms with Crippen LogP contribution in [0.1, 0.15) is 30.7 Å². The second-order valence-corrected chi connectivity index (χ2v) is 10.3. The maximum Gasteiger partial charge on any atom is 0.276 e. The molecule has 1 saturated heterocycles. The highest BCUT2D eigenvalue weighted by molar-refractivity contribution is 5.79. The molecule has 3 aromatic rings. The van der Waals surface area contributed by atoms with E-state index in [4.69, 9.17) is 4.74 Å². The van der Waals surface area contributed by atoms with Gasteiger partial charge in [0.05, 0.1) is 23.9 Å². The lowest BCUT2D eigenvalue weighted by Gasteiger charge is -2.26. The zero-order chi connectivity index (χ0) is 28.6. The van der Waals surface area contributed by atoms with Crippen LogP contribution in [0, 0.1) is 6.92 Å². The summed E-state index contributed by atoms with van der Waals surface area (Å²) in [6.07, 6.45) is 0.374. The van der Waals surface area contributed by atoms with Crippen molar-refractivity contribution in [2.45, 2.75) is 39.8 Å². The molecule has 1 atom stereocenters. The van der Waals surface area contributed by atoms with E-state index < -0.39 is 0 Å². The number of benzene rings is 2. The van der Waals surface area contributed by atoms with Crippen LogP contribution < -0.4 is 5.56 Å². The lowest BCUT2D eigenvalue weighted by Crippen LogP contribution is -2.41. The molecule has 9 nitrogen and oxygen atoms in total. The maximum absolute atomic E-state index is 13.6. The third kappa shape index (κ3) is 6.89. The van der Waals surface area contributed by atoms with E-state index in [1.807, 2.05) is 90.8 Å². The van der Waals surface area contributed by atoms with Gasteiger partial charge < -0.3 is 14.5 Å². The van der Waals surface area contributed by atoms with Crippen LogP contribution in [0.3, 0.4) is 0 Å². The van der Waals surface area contributed by atoms with Crippen molar-refractivity contribution in [1.29, 1.82) is 0 Å². The Labute approximate surface area is 236 Å². The van der Waals surface area contributed by atoms with Crippen molar-refractivity contribution in [1.82, 2.24) is 24.1 Å². The topological polar surface area (TPSA) is 80.0 Å². The van der Waals surface area contributed by atoms with E-state index in [1.165, 1.54) is 0 Å². The quantitative estimate of drug-likeness (QED) is 0.369. The molecule has 1 fully saturated rings. The second-order valence-electron chi connectivity index (χ2n) is 10.3. The molecular weight excluding hydrogens is 506 g/mol. The molecule has 1 aliphatic rings. The Bertz CT molecular complexity index is 1330. The molecule has 0 radical (unpaired) electrons. The van der Waals surface area contributed by atoms with E-state index in [9.17, 15) is 14.4 Å². The molecule has 1 aromatic heterocycles. The van der Waals surface area contributed by atoms with E-state index in [2.05, 4.69) is 12.1 Å². The van der Waals surface area contributed by atoms with Crippen molar-refractivity contribution in [3.8, 4) is 5.69 Å². The summed E-state index contributed by atoms with van der Waals surface area (Å²) in [5.41, 5.74) is 3.35. The van der Waals surface area contributed by atoms with E-state index in [1.54, 1.807) is 9.58 Å². The molecular formula is C31H41N5O4. The van der Waals surface area contributed by atoms with Crippen LogP contribution in [-0.2, 0) is 34.3 Å². The Morgan fingerprint density at radius 1 is 0.975 bits per heavy atom. The van der Waals surface area contributed by atoms with Gasteiger partial charge in [0.15, 0.2) is 0 Å². The number of amides is 2. The SMILES string of the molecule is CCN(CC)C(=O)CO[C@H]1CN(Cc2c(C)n(C)n(-c3ccccc3)c2=O)CC(=O)N(CCc2ccccc2)C1. The fourth-order valence-corrected chi connectivity index (χ4v) is 5.29. The van der Waals surface area contributed by atoms with E-state index in [0.29, 0.717) is 44.8 Å². The number of carbonyl (C=O) groups excluding carboxylic acids is 2. The maximum atomic E-state index is 13.6. The number of nitrogens with zero attached hydrogens (tertiary/aromatic N) is 5. The minimum atomic E-state index is -0.359. The van der Waals surface area contributed by atoms with Crippen molar-refractivity contribution in [3.05, 3.63) is 87.8 Å². The Hall–Kier alpha value is -3.69. The van der Waals surface area contributed by atoms with Gasteiger partial charge in [0.2, 0.25) is 11.8 Å². The van der Waals surface area contributed by atoms with E-state index in [0.717, 1.165) is 23.4 Å². The van der Waals surface area contributed by atoms with Gasteiger partial charge in [-0.2, -0.15) is 0 Å². The van der Waals surface area contributed by atoms with Crippen molar-refractivity contribution in [3.63, 3.8) is 0 Å². The van der Waals surface area contributed by atoms with Crippen LogP contribution in [0.15, 0.2) is 65.5 Å². The molecule has 2 amide bonds. The van der Waals surface area contributed by atoms with Crippen LogP contribution in [0.5, 0.6) is 0 Å². The van der Waals surface area contributed by atoms with Gasteiger partial charge >= 0.3 is 0 Å². The van der Waals surface area contributed by atoms with Crippen molar-refractivity contribution < 1.29 is 14.3 Å². The number of ether oxygens (including phenoxy) is 1. The van der Waals surface area contributed by atoms with Gasteiger partial charge in [0.25, 0.3) is 5.56 Å². The Morgan fingerprint density at radius 3 is 2.27 bits per heavy atom. The van der Waals surface area contributed by atoms with Crippen LogP contribution in [0.4, 0.5) is 0 Å². The normalized spacial score (nSPS) is 16.2. The molecule has 0 spiro atoms. The first-order valence-electron chi connectivity index (χ1n) is 14.1. The zero-order valence-corrected chi connectivity index (χ0v) is 24.1. The fourth-order valence-electron chi connectivity index (χ4n) is 5.29. The van der Waals surface area contributed by atoms with Gasteiger partial charge in [-0.1, -0.05) is 48.5 Å². The summed E-state index contributed by atoms with van der Waals surface area (Å²) in [5.74, 6) is -0.0679. The third-order valence-corrected chi connectivity index (χ3v) is 7.72. The molecule has 1 aliphatic heterocycles. The summed E-state index contributed by atoms with van der Waals surface area (Å²) in [6, 6.07) is 19.6. The molecule has 4 rings (SSSR count). The predicted molar refractivity (Wildman–Crippen MR) is 155 cm³/mol. The second kappa shape index (κ2) is 13.6. The van der Waals surface area contributed by atoms with Gasteiger partial charge in [-0.05, 0) is 44.9 Å². The van der Waals surface area contributed by atoms with Crippen molar-refractivity contribution in [2.24, 2.45) is 7.05 Å². The predicted octanol–water partition coefficient (Wildman–Crippen LogP) is 2.62. The highest BCUT2D eigenvalue weighted by atomic mass is 16.5. The first-order valence-corrected chi connectivity index (χ1v) is 14.1. The summed E-state index contributed by atoms with van der Waals surface area (Å²) in [5, 5.41) is 0. The molecule has 2 heterocycles. The largest absolute Gasteiger partial charge is 0.365 e. The zero-order valence-electron chi connectivity index (χ0n) is 24.1. The summed E-state index contributed by atoms with van der Waals surface area (Å²) in [7, 11) is 1.87. The van der Waals surface area contributed by atoms with Crippen LogP contribution >= 0.6 is 0 Å². The third-order valence-electron chi connectivity index (χ3n) is 7.72. The number of aromatic nitrogens is 2. The number of hydrogen-bond donors (Lipinski definition) is 0. The summed E-state index contributed by atoms with van der Waals surface area (Å²) < 4.78 is 9.67. The molecule has 0 saturated carbocycles. The molecule has 0 aliphatic carbocycles. The molecule has 214 valence electrons. The smallest absolute Gasteiger partial charge is 0.276 e. The van der Waals surface area contributed by atoms with Gasteiger partial charge in [0, 0.05) is 52.0 Å². The number of rotatable bonds is 11. The van der Waals surface area contributed by atoms with Crippen LogP contribution in [-0.4, -0.2) is 87.9 Å². The standard InChI is InChI=1S/C31H41N5O4/c1-5-34(6-2)30(38)23-40-27-19-33(22-29(37)35(20-27)18-17-25-13-9-7-10-14-25)21-28-24(3)32(4)36(31(28)39)26-15-11-8-12-16-26/h7-16,27H,5-6,17-23H2,1-4H3/t27-/m0/s1. The summed E-state index contributed by atoms with van der Waals surface area (Å²) in [6.45, 7) is 8.94. The lowest BCUT2D eigenvalue weighted by molar-refractivity contribution is -0.138. The first-order chi connectivity index (χ1) is 19.3. The van der Waals surface area contributed by atoms with Crippen molar-refractivity contribution in [2.75, 3.05) is 45.9 Å². The van der Waals surface area contributed by atoms with Gasteiger partial charge in [0.1, 0.15) is 6.61 Å². The minimum Gasteiger partial charge on any atom is -0.365 e. The fraction of sp³-hybridized carbons (Fsp3) is 0.452. The van der Waals surface area contributed by atoms with Gasteiger partial charge in [-0.3, -0.25) is 24.0 Å². The number of para-hydroxylation sites is 1. The molecule has 2 aromatic carbocycles. The number of likely N-dealkylation sites (N-methyl/N-ethyl adjacent to an activating group) is 1. The van der Waals surface area contributed by atoms with Crippen molar-refractivity contribution >= 4 is 11.8 Å². The Kier molecular flexibility index (Phi) is 9.95. The highest BCUT2D eigenvalue weighted by Gasteiger charge is 2.30. The van der Waals surface area contributed by atoms with Crippen LogP contribution in [0.25, 0.3) is 5.69 Å². The molecule has 0 N–H and O–H groups in total. The van der Waals surface area contributed by atoms with Crippen LogP contribution in [0.2, 0.25) is 0 Å². The monoisotopic (exact) mass is 547 g/mol. The molecule has 9 heteroatoms. The van der Waals surface area contributed by atoms with Gasteiger partial charge in [-0.25, -0.2) is 4.68 Å². The minimum absolute atomic E-state index is 0.00549. The highest BCUT2D eigenvalue weighted by Crippen LogP contribution is 2.16. The lowest BCUT2D eigenvalue weighted by atomic mass is 10.1. The molecule has 0 unspecified atom stereocenters.